The zero-order valence-electron chi connectivity index (χ0n) is 9.58. The highest BCUT2D eigenvalue weighted by Gasteiger charge is 2.26. The third-order valence-electron chi connectivity index (χ3n) is 3.25. The van der Waals surface area contributed by atoms with E-state index in [1.54, 1.807) is 27.7 Å². The number of aromatic nitrogens is 3. The summed E-state index contributed by atoms with van der Waals surface area (Å²) in [5.74, 6) is -0.191. The van der Waals surface area contributed by atoms with E-state index in [1.807, 2.05) is 0 Å². The van der Waals surface area contributed by atoms with Crippen LogP contribution in [-0.4, -0.2) is 46.2 Å². The molecule has 1 amide bonds. The first-order chi connectivity index (χ1) is 8.65. The Morgan fingerprint density at radius 1 is 1.56 bits per heavy atom. The minimum absolute atomic E-state index is 0.190. The highest BCUT2D eigenvalue weighted by atomic mass is 35.5. The summed E-state index contributed by atoms with van der Waals surface area (Å²) in [6.45, 7) is 1.27. The maximum absolute atomic E-state index is 11.1. The molecule has 2 aromatic rings. The van der Waals surface area contributed by atoms with Crippen LogP contribution in [-0.2, 0) is 0 Å². The summed E-state index contributed by atoms with van der Waals surface area (Å²) in [4.78, 5) is 17.2. The molecule has 90 valence electrons. The Bertz CT molecular complexity index is 614. The van der Waals surface area contributed by atoms with Gasteiger partial charge in [0.05, 0.1) is 11.9 Å². The lowest BCUT2D eigenvalue weighted by atomic mass is 10.0. The number of carbonyl (C=O) groups excluding carboxylic acids is 1. The van der Waals surface area contributed by atoms with Crippen LogP contribution in [0.3, 0.4) is 0 Å². The van der Waals surface area contributed by atoms with Crippen molar-refractivity contribution in [2.75, 3.05) is 13.1 Å². The van der Waals surface area contributed by atoms with Crippen molar-refractivity contribution in [3.05, 3.63) is 29.2 Å². The van der Waals surface area contributed by atoms with Crippen LogP contribution in [0.15, 0.2) is 18.3 Å². The van der Waals surface area contributed by atoms with E-state index in [0.29, 0.717) is 18.2 Å². The molecule has 1 aliphatic rings. The third kappa shape index (κ3) is 1.86. The van der Waals surface area contributed by atoms with Gasteiger partial charge in [-0.05, 0) is 12.5 Å². The number of carbonyl (C=O) groups is 1. The zero-order chi connectivity index (χ0) is 12.7. The van der Waals surface area contributed by atoms with Gasteiger partial charge in [-0.1, -0.05) is 11.6 Å². The van der Waals surface area contributed by atoms with Crippen LogP contribution in [0.2, 0.25) is 5.15 Å². The molecule has 1 saturated heterocycles. The largest absolute Gasteiger partial charge is 0.352 e. The molecule has 0 spiro atoms. The molecule has 0 bridgehead atoms. The van der Waals surface area contributed by atoms with Gasteiger partial charge in [0.2, 0.25) is 7.85 Å². The van der Waals surface area contributed by atoms with Gasteiger partial charge >= 0.3 is 0 Å². The van der Waals surface area contributed by atoms with Crippen molar-refractivity contribution in [2.24, 2.45) is 0 Å². The van der Waals surface area contributed by atoms with E-state index in [2.05, 4.69) is 10.1 Å². The molecule has 0 N–H and O–H groups in total. The lowest BCUT2D eigenvalue weighted by molar-refractivity contribution is 0.231. The van der Waals surface area contributed by atoms with Crippen LogP contribution in [0.4, 0.5) is 4.79 Å². The van der Waals surface area contributed by atoms with E-state index >= 15 is 0 Å². The summed E-state index contributed by atoms with van der Waals surface area (Å²) >= 11 is 6.14. The van der Waals surface area contributed by atoms with Crippen LogP contribution < -0.4 is 0 Å². The Balaban J connectivity index is 1.93. The molecule has 0 aliphatic carbocycles. The van der Waals surface area contributed by atoms with Crippen molar-refractivity contribution >= 4 is 30.9 Å². The van der Waals surface area contributed by atoms with Gasteiger partial charge in [-0.3, -0.25) is 4.79 Å². The maximum atomic E-state index is 11.1. The first-order valence-electron chi connectivity index (χ1n) is 5.70. The van der Waals surface area contributed by atoms with Gasteiger partial charge < -0.3 is 4.90 Å². The number of fused-ring (bicyclic) bond motifs is 1. The summed E-state index contributed by atoms with van der Waals surface area (Å²) in [6, 6.07) is 3.60. The van der Waals surface area contributed by atoms with Crippen LogP contribution in [0, 0.1) is 0 Å². The zero-order valence-corrected chi connectivity index (χ0v) is 10.3. The standard InChI is InChI=1S/C11H10BClN4O/c12-11(18)16-4-2-7(6-16)8-5-9(13)17-10(15-8)1-3-14-17/h1,3,5,7H,2,4,6H2. The highest BCUT2D eigenvalue weighted by Crippen LogP contribution is 2.27. The lowest BCUT2D eigenvalue weighted by Crippen LogP contribution is -2.26. The second-order valence-corrected chi connectivity index (χ2v) is 4.76. The SMILES string of the molecule is [B]C(=O)N1CCC(c2cc(Cl)n3nccc3n2)C1. The molecule has 7 heteroatoms. The minimum atomic E-state index is -0.381. The Morgan fingerprint density at radius 2 is 2.39 bits per heavy atom. The van der Waals surface area contributed by atoms with Crippen molar-refractivity contribution < 1.29 is 4.79 Å². The van der Waals surface area contributed by atoms with Crippen molar-refractivity contribution in [1.29, 1.82) is 0 Å². The molecule has 1 fully saturated rings. The van der Waals surface area contributed by atoms with Crippen LogP contribution in [0.25, 0.3) is 5.65 Å². The smallest absolute Gasteiger partial charge is 0.200 e. The normalized spacial score (nSPS) is 19.6. The molecule has 1 atom stereocenters. The molecule has 3 heterocycles. The molecule has 2 aromatic heterocycles. The monoisotopic (exact) mass is 260 g/mol. The van der Waals surface area contributed by atoms with E-state index in [-0.39, 0.29) is 11.7 Å². The minimum Gasteiger partial charge on any atom is -0.352 e. The van der Waals surface area contributed by atoms with E-state index < -0.39 is 0 Å². The van der Waals surface area contributed by atoms with Crippen LogP contribution >= 0.6 is 11.6 Å². The Hall–Kier alpha value is -1.56. The predicted molar refractivity (Wildman–Crippen MR) is 68.1 cm³/mol. The van der Waals surface area contributed by atoms with E-state index in [0.717, 1.165) is 17.8 Å². The summed E-state index contributed by atoms with van der Waals surface area (Å²) in [7, 11) is 5.27. The molecule has 0 saturated carbocycles. The summed E-state index contributed by atoms with van der Waals surface area (Å²) in [5.41, 5.74) is 1.60. The quantitative estimate of drug-likeness (QED) is 0.576. The Labute approximate surface area is 110 Å². The number of rotatable bonds is 1. The number of halogens is 1. The van der Waals surface area contributed by atoms with Gasteiger partial charge in [-0.2, -0.15) is 5.10 Å². The average molecular weight is 260 g/mol. The van der Waals surface area contributed by atoms with E-state index in [4.69, 9.17) is 19.4 Å². The molecule has 0 aromatic carbocycles. The molecule has 3 rings (SSSR count). The van der Waals surface area contributed by atoms with Crippen molar-refractivity contribution in [3.63, 3.8) is 0 Å². The summed E-state index contributed by atoms with van der Waals surface area (Å²) in [6.07, 6.45) is 2.51. The molecule has 5 nitrogen and oxygen atoms in total. The van der Waals surface area contributed by atoms with Crippen LogP contribution in [0.5, 0.6) is 0 Å². The van der Waals surface area contributed by atoms with Crippen molar-refractivity contribution in [2.45, 2.75) is 12.3 Å². The van der Waals surface area contributed by atoms with Gasteiger partial charge in [0.1, 0.15) is 5.15 Å². The molecular formula is C11H10BClN4O. The second kappa shape index (κ2) is 4.28. The summed E-state index contributed by atoms with van der Waals surface area (Å²) in [5, 5.41) is 4.59. The van der Waals surface area contributed by atoms with Gasteiger partial charge in [0.15, 0.2) is 11.5 Å². The fourth-order valence-electron chi connectivity index (χ4n) is 2.30. The summed E-state index contributed by atoms with van der Waals surface area (Å²) < 4.78 is 1.58. The van der Waals surface area contributed by atoms with Gasteiger partial charge in [-0.15, -0.1) is 0 Å². The van der Waals surface area contributed by atoms with Gasteiger partial charge in [0, 0.05) is 25.1 Å². The van der Waals surface area contributed by atoms with E-state index in [1.165, 1.54) is 0 Å². The number of nitrogens with zero attached hydrogens (tertiary/aromatic N) is 4. The molecular weight excluding hydrogens is 250 g/mol. The fourth-order valence-corrected chi connectivity index (χ4v) is 2.55. The maximum Gasteiger partial charge on any atom is 0.200 e. The topological polar surface area (TPSA) is 50.5 Å². The van der Waals surface area contributed by atoms with Gasteiger partial charge in [0.25, 0.3) is 0 Å². The first-order valence-corrected chi connectivity index (χ1v) is 6.07. The number of amides is 1. The third-order valence-corrected chi connectivity index (χ3v) is 3.52. The van der Waals surface area contributed by atoms with Crippen molar-refractivity contribution in [1.82, 2.24) is 19.5 Å². The Morgan fingerprint density at radius 3 is 3.11 bits per heavy atom. The van der Waals surface area contributed by atoms with Crippen molar-refractivity contribution in [3.8, 4) is 0 Å². The number of hydrogen-bond donors (Lipinski definition) is 0. The Kier molecular flexibility index (Phi) is 2.74. The van der Waals surface area contributed by atoms with Crippen LogP contribution in [0.1, 0.15) is 18.0 Å². The number of likely N-dealkylation sites (tertiary alicyclic amines) is 1. The molecule has 1 unspecified atom stereocenters. The fraction of sp³-hybridized carbons (Fsp3) is 0.364. The molecule has 18 heavy (non-hydrogen) atoms. The second-order valence-electron chi connectivity index (χ2n) is 4.37. The first kappa shape index (κ1) is 11.5. The highest BCUT2D eigenvalue weighted by molar-refractivity contribution is 6.56. The molecule has 1 aliphatic heterocycles. The van der Waals surface area contributed by atoms with E-state index in [9.17, 15) is 4.79 Å². The average Bonchev–Trinajstić information content (AvgIpc) is 2.97. The number of hydrogen-bond acceptors (Lipinski definition) is 3. The van der Waals surface area contributed by atoms with Gasteiger partial charge in [-0.25, -0.2) is 9.50 Å². The lowest BCUT2D eigenvalue weighted by Gasteiger charge is -2.14. The predicted octanol–water partition coefficient (Wildman–Crippen LogP) is 1.46. The molecule has 2 radical (unpaired) electrons.